The molecule has 0 aliphatic heterocycles. The molecule has 1 rings (SSSR count). The fourth-order valence-electron chi connectivity index (χ4n) is 1.44. The minimum Gasteiger partial charge on any atom is -0.466 e. The van der Waals surface area contributed by atoms with E-state index in [1.165, 1.54) is 0 Å². The zero-order valence-electron chi connectivity index (χ0n) is 8.00. The maximum absolute atomic E-state index is 11.2. The minimum absolute atomic E-state index is 0.0838. The van der Waals surface area contributed by atoms with Crippen LogP contribution >= 0.6 is 0 Å². The van der Waals surface area contributed by atoms with Crippen LogP contribution in [-0.4, -0.2) is 18.4 Å². The van der Waals surface area contributed by atoms with Gasteiger partial charge in [-0.25, -0.2) is 0 Å². The summed E-state index contributed by atoms with van der Waals surface area (Å²) in [4.78, 5) is 22.3. The van der Waals surface area contributed by atoms with Crippen molar-refractivity contribution in [2.45, 2.75) is 26.7 Å². The van der Waals surface area contributed by atoms with Crippen molar-refractivity contribution >= 4 is 11.8 Å². The number of carbonyl (C=O) groups is 2. The average Bonchev–Trinajstić information content (AvgIpc) is 2.30. The van der Waals surface area contributed by atoms with Gasteiger partial charge in [-0.05, 0) is 12.8 Å². The summed E-state index contributed by atoms with van der Waals surface area (Å²) in [6.07, 6.45) is 2.53. The molecule has 0 heterocycles. The lowest BCUT2D eigenvalue weighted by molar-refractivity contribution is -0.142. The van der Waals surface area contributed by atoms with Crippen molar-refractivity contribution in [2.75, 3.05) is 6.61 Å². The van der Waals surface area contributed by atoms with Crippen LogP contribution in [0.15, 0.2) is 11.6 Å². The van der Waals surface area contributed by atoms with E-state index >= 15 is 0 Å². The monoisotopic (exact) mass is 182 g/mol. The molecule has 0 fully saturated rings. The van der Waals surface area contributed by atoms with E-state index in [0.29, 0.717) is 18.6 Å². The molecule has 1 aliphatic carbocycles. The smallest absolute Gasteiger partial charge is 0.310 e. The predicted molar refractivity (Wildman–Crippen MR) is 48.1 cm³/mol. The third kappa shape index (κ3) is 2.68. The zero-order valence-corrected chi connectivity index (χ0v) is 8.00. The number of carbonyl (C=O) groups excluding carboxylic acids is 2. The Morgan fingerprint density at radius 1 is 1.69 bits per heavy atom. The van der Waals surface area contributed by atoms with Gasteiger partial charge in [0.15, 0.2) is 5.78 Å². The van der Waals surface area contributed by atoms with E-state index in [9.17, 15) is 9.59 Å². The van der Waals surface area contributed by atoms with E-state index in [1.807, 2.05) is 13.0 Å². The highest BCUT2D eigenvalue weighted by atomic mass is 16.5. The third-order valence-corrected chi connectivity index (χ3v) is 1.99. The lowest BCUT2D eigenvalue weighted by Crippen LogP contribution is -2.08. The summed E-state index contributed by atoms with van der Waals surface area (Å²) >= 11 is 0. The van der Waals surface area contributed by atoms with E-state index in [0.717, 1.165) is 0 Å². The van der Waals surface area contributed by atoms with Crippen LogP contribution in [-0.2, 0) is 14.3 Å². The van der Waals surface area contributed by atoms with Crippen LogP contribution in [0, 0.1) is 5.92 Å². The molecule has 3 heteroatoms. The van der Waals surface area contributed by atoms with Gasteiger partial charge in [0, 0.05) is 12.0 Å². The highest BCUT2D eigenvalue weighted by Gasteiger charge is 2.22. The SMILES string of the molecule is CCOC(=O)CC1=C[C@H](C)CC1=O. The van der Waals surface area contributed by atoms with Gasteiger partial charge in [-0.1, -0.05) is 13.0 Å². The summed E-state index contributed by atoms with van der Waals surface area (Å²) in [5, 5.41) is 0. The summed E-state index contributed by atoms with van der Waals surface area (Å²) in [7, 11) is 0. The molecule has 0 amide bonds. The highest BCUT2D eigenvalue weighted by molar-refractivity contribution is 6.01. The molecule has 1 aliphatic rings. The summed E-state index contributed by atoms with van der Waals surface area (Å²) in [6.45, 7) is 4.09. The molecule has 0 unspecified atom stereocenters. The number of Topliss-reactive ketones (excluding diaryl/α,β-unsaturated/α-hetero) is 1. The number of ether oxygens (including phenoxy) is 1. The van der Waals surface area contributed by atoms with Gasteiger partial charge >= 0.3 is 5.97 Å². The number of allylic oxidation sites excluding steroid dienone is 1. The number of ketones is 1. The van der Waals surface area contributed by atoms with Crippen LogP contribution < -0.4 is 0 Å². The Kier molecular flexibility index (Phi) is 3.23. The lowest BCUT2D eigenvalue weighted by Gasteiger charge is -2.00. The largest absolute Gasteiger partial charge is 0.466 e. The first kappa shape index (κ1) is 9.96. The second-order valence-corrected chi connectivity index (χ2v) is 3.28. The molecule has 0 saturated carbocycles. The van der Waals surface area contributed by atoms with Crippen molar-refractivity contribution in [3.8, 4) is 0 Å². The summed E-state index contributed by atoms with van der Waals surface area (Å²) in [5.41, 5.74) is 0.617. The molecule has 13 heavy (non-hydrogen) atoms. The maximum Gasteiger partial charge on any atom is 0.310 e. The molecule has 72 valence electrons. The van der Waals surface area contributed by atoms with Gasteiger partial charge in [0.25, 0.3) is 0 Å². The van der Waals surface area contributed by atoms with Crippen LogP contribution in [0.2, 0.25) is 0 Å². The molecule has 0 bridgehead atoms. The molecule has 0 aromatic rings. The predicted octanol–water partition coefficient (Wildman–Crippen LogP) is 1.47. The molecule has 0 spiro atoms. The summed E-state index contributed by atoms with van der Waals surface area (Å²) in [6, 6.07) is 0. The van der Waals surface area contributed by atoms with Gasteiger partial charge in [-0.2, -0.15) is 0 Å². The number of rotatable bonds is 3. The first-order valence-corrected chi connectivity index (χ1v) is 4.53. The van der Waals surface area contributed by atoms with Crippen LogP contribution in [0.4, 0.5) is 0 Å². The minimum atomic E-state index is -0.309. The summed E-state index contributed by atoms with van der Waals surface area (Å²) in [5.74, 6) is 0.0497. The molecule has 0 aromatic heterocycles. The average molecular weight is 182 g/mol. The molecule has 0 radical (unpaired) electrons. The molecule has 0 N–H and O–H groups in total. The molecule has 0 aromatic carbocycles. The van der Waals surface area contributed by atoms with Gasteiger partial charge in [-0.3, -0.25) is 9.59 Å². The Labute approximate surface area is 77.8 Å². The molecule has 1 atom stereocenters. The Hall–Kier alpha value is -1.12. The standard InChI is InChI=1S/C10H14O3/c1-3-13-10(12)6-8-4-7(2)5-9(8)11/h4,7H,3,5-6H2,1-2H3/t7-/m0/s1. The van der Waals surface area contributed by atoms with Crippen molar-refractivity contribution in [1.29, 1.82) is 0 Å². The summed E-state index contributed by atoms with van der Waals surface area (Å²) < 4.78 is 4.76. The third-order valence-electron chi connectivity index (χ3n) is 1.99. The Morgan fingerprint density at radius 2 is 2.38 bits per heavy atom. The van der Waals surface area contributed by atoms with Gasteiger partial charge in [0.1, 0.15) is 0 Å². The fourth-order valence-corrected chi connectivity index (χ4v) is 1.44. The van der Waals surface area contributed by atoms with Crippen LogP contribution in [0.5, 0.6) is 0 Å². The van der Waals surface area contributed by atoms with Crippen LogP contribution in [0.25, 0.3) is 0 Å². The van der Waals surface area contributed by atoms with E-state index < -0.39 is 0 Å². The maximum atomic E-state index is 11.2. The second kappa shape index (κ2) is 4.21. The fraction of sp³-hybridized carbons (Fsp3) is 0.600. The Bertz CT molecular complexity index is 253. The topological polar surface area (TPSA) is 43.4 Å². The molecular weight excluding hydrogens is 168 g/mol. The van der Waals surface area contributed by atoms with Crippen molar-refractivity contribution in [2.24, 2.45) is 5.92 Å². The highest BCUT2D eigenvalue weighted by Crippen LogP contribution is 2.22. The van der Waals surface area contributed by atoms with Gasteiger partial charge in [0.2, 0.25) is 0 Å². The normalized spacial score (nSPS) is 21.5. The van der Waals surface area contributed by atoms with Gasteiger partial charge < -0.3 is 4.74 Å². The Morgan fingerprint density at radius 3 is 2.85 bits per heavy atom. The Balaban J connectivity index is 2.49. The van der Waals surface area contributed by atoms with Crippen LogP contribution in [0.1, 0.15) is 26.7 Å². The quantitative estimate of drug-likeness (QED) is 0.621. The van der Waals surface area contributed by atoms with Gasteiger partial charge in [0.05, 0.1) is 13.0 Å². The molecule has 0 saturated heterocycles. The zero-order chi connectivity index (χ0) is 9.84. The molecular formula is C10H14O3. The van der Waals surface area contributed by atoms with E-state index in [4.69, 9.17) is 4.74 Å². The number of hydrogen-bond donors (Lipinski definition) is 0. The van der Waals surface area contributed by atoms with E-state index in [-0.39, 0.29) is 24.1 Å². The van der Waals surface area contributed by atoms with E-state index in [2.05, 4.69) is 0 Å². The van der Waals surface area contributed by atoms with Crippen molar-refractivity contribution in [1.82, 2.24) is 0 Å². The number of esters is 1. The first-order valence-electron chi connectivity index (χ1n) is 4.53. The second-order valence-electron chi connectivity index (χ2n) is 3.28. The van der Waals surface area contributed by atoms with Crippen LogP contribution in [0.3, 0.4) is 0 Å². The molecule has 3 nitrogen and oxygen atoms in total. The van der Waals surface area contributed by atoms with E-state index in [1.54, 1.807) is 6.92 Å². The van der Waals surface area contributed by atoms with Crippen molar-refractivity contribution in [3.63, 3.8) is 0 Å². The van der Waals surface area contributed by atoms with Crippen molar-refractivity contribution in [3.05, 3.63) is 11.6 Å². The number of hydrogen-bond acceptors (Lipinski definition) is 3. The van der Waals surface area contributed by atoms with Gasteiger partial charge in [-0.15, -0.1) is 0 Å². The first-order chi connectivity index (χ1) is 6.13. The lowest BCUT2D eigenvalue weighted by atomic mass is 10.1. The van der Waals surface area contributed by atoms with Crippen molar-refractivity contribution < 1.29 is 14.3 Å².